The Labute approximate surface area is 152 Å². The second-order valence-corrected chi connectivity index (χ2v) is 6.31. The van der Waals surface area contributed by atoms with Gasteiger partial charge in [0, 0.05) is 16.8 Å². The normalized spacial score (nSPS) is 11.1. The summed E-state index contributed by atoms with van der Waals surface area (Å²) in [5, 5.41) is 24.4. The Hall–Kier alpha value is -2.71. The Morgan fingerprint density at radius 3 is 2.76 bits per heavy atom. The Morgan fingerprint density at radius 2 is 2.00 bits per heavy atom. The second kappa shape index (κ2) is 7.91. The molecule has 0 aliphatic rings. The monoisotopic (exact) mass is 373 g/mol. The first-order valence-electron chi connectivity index (χ1n) is 7.18. The maximum absolute atomic E-state index is 11.0. The summed E-state index contributed by atoms with van der Waals surface area (Å²) in [5.74, 6) is 0.677. The lowest BCUT2D eigenvalue weighted by atomic mass is 10.2. The van der Waals surface area contributed by atoms with Crippen molar-refractivity contribution in [3.05, 3.63) is 81.1 Å². The van der Waals surface area contributed by atoms with Crippen molar-refractivity contribution in [3.63, 3.8) is 0 Å². The molecule has 126 valence electrons. The average molecular weight is 374 g/mol. The van der Waals surface area contributed by atoms with Gasteiger partial charge in [0.25, 0.3) is 5.69 Å². The van der Waals surface area contributed by atoms with Crippen molar-refractivity contribution in [2.45, 2.75) is 10.9 Å². The third-order valence-corrected chi connectivity index (χ3v) is 4.49. The average Bonchev–Trinajstić information content (AvgIpc) is 3.07. The number of hydrogen-bond acceptors (Lipinski definition) is 6. The second-order valence-electron chi connectivity index (χ2n) is 4.93. The highest BCUT2D eigenvalue weighted by Gasteiger charge is 2.10. The molecule has 3 rings (SSSR count). The number of halogens is 1. The molecule has 0 aliphatic carbocycles. The van der Waals surface area contributed by atoms with E-state index in [1.165, 1.54) is 35.0 Å². The van der Waals surface area contributed by atoms with E-state index in [4.69, 9.17) is 11.6 Å². The van der Waals surface area contributed by atoms with E-state index in [1.807, 2.05) is 24.3 Å². The zero-order chi connectivity index (χ0) is 17.6. The van der Waals surface area contributed by atoms with Gasteiger partial charge in [-0.05, 0) is 23.8 Å². The van der Waals surface area contributed by atoms with Crippen LogP contribution in [0.4, 0.5) is 5.69 Å². The Morgan fingerprint density at radius 1 is 1.24 bits per heavy atom. The summed E-state index contributed by atoms with van der Waals surface area (Å²) in [4.78, 5) is 10.6. The molecule has 0 spiro atoms. The highest BCUT2D eigenvalue weighted by molar-refractivity contribution is 7.98. The minimum Gasteiger partial charge on any atom is -0.258 e. The van der Waals surface area contributed by atoms with Crippen molar-refractivity contribution in [2.75, 3.05) is 0 Å². The van der Waals surface area contributed by atoms with E-state index in [0.29, 0.717) is 21.5 Å². The van der Waals surface area contributed by atoms with E-state index in [2.05, 4.69) is 15.3 Å². The molecule has 3 aromatic rings. The number of nitro benzene ring substituents is 1. The predicted molar refractivity (Wildman–Crippen MR) is 97.1 cm³/mol. The number of thioether (sulfide) groups is 1. The van der Waals surface area contributed by atoms with Crippen LogP contribution in [0.15, 0.2) is 65.1 Å². The van der Waals surface area contributed by atoms with Gasteiger partial charge in [-0.3, -0.25) is 10.1 Å². The van der Waals surface area contributed by atoms with Crippen molar-refractivity contribution in [3.8, 4) is 0 Å². The van der Waals surface area contributed by atoms with E-state index < -0.39 is 4.92 Å². The number of rotatable bonds is 6. The van der Waals surface area contributed by atoms with Crippen LogP contribution in [0.2, 0.25) is 5.02 Å². The van der Waals surface area contributed by atoms with E-state index in [-0.39, 0.29) is 5.69 Å². The molecule has 9 heteroatoms. The van der Waals surface area contributed by atoms with Gasteiger partial charge in [-0.15, -0.1) is 10.2 Å². The van der Waals surface area contributed by atoms with Crippen molar-refractivity contribution < 1.29 is 4.92 Å². The number of benzene rings is 2. The molecule has 0 amide bonds. The van der Waals surface area contributed by atoms with Crippen LogP contribution >= 0.6 is 23.4 Å². The molecule has 0 unspecified atom stereocenters. The van der Waals surface area contributed by atoms with Crippen LogP contribution in [0.25, 0.3) is 0 Å². The van der Waals surface area contributed by atoms with Gasteiger partial charge in [0.15, 0.2) is 0 Å². The first kappa shape index (κ1) is 17.1. The largest absolute Gasteiger partial charge is 0.278 e. The zero-order valence-corrected chi connectivity index (χ0v) is 14.4. The van der Waals surface area contributed by atoms with Crippen LogP contribution in [-0.2, 0) is 5.75 Å². The maximum Gasteiger partial charge on any atom is 0.278 e. The molecule has 25 heavy (non-hydrogen) atoms. The zero-order valence-electron chi connectivity index (χ0n) is 12.8. The molecule has 0 N–H and O–H groups in total. The molecule has 0 atom stereocenters. The van der Waals surface area contributed by atoms with Crippen molar-refractivity contribution >= 4 is 35.3 Å². The number of nitrogens with zero attached hydrogens (tertiary/aromatic N) is 5. The van der Waals surface area contributed by atoms with E-state index in [9.17, 15) is 10.1 Å². The van der Waals surface area contributed by atoms with Crippen LogP contribution in [-0.4, -0.2) is 26.0 Å². The number of aromatic nitrogens is 3. The lowest BCUT2D eigenvalue weighted by Crippen LogP contribution is -1.96. The molecular weight excluding hydrogens is 362 g/mol. The van der Waals surface area contributed by atoms with Gasteiger partial charge in [0.05, 0.1) is 16.7 Å². The summed E-state index contributed by atoms with van der Waals surface area (Å²) in [6, 6.07) is 13.9. The predicted octanol–water partition coefficient (Wildman–Crippen LogP) is 4.01. The summed E-state index contributed by atoms with van der Waals surface area (Å²) in [6.45, 7) is 0. The first-order chi connectivity index (χ1) is 12.1. The molecule has 2 aromatic carbocycles. The lowest BCUT2D eigenvalue weighted by molar-refractivity contribution is -0.385. The number of nitro groups is 1. The van der Waals surface area contributed by atoms with E-state index in [1.54, 1.807) is 18.2 Å². The fraction of sp³-hybridized carbons (Fsp3) is 0.0625. The number of para-hydroxylation sites is 1. The Bertz CT molecular complexity index is 911. The van der Waals surface area contributed by atoms with Crippen LogP contribution in [0.3, 0.4) is 0 Å². The Balaban J connectivity index is 1.73. The summed E-state index contributed by atoms with van der Waals surface area (Å²) >= 11 is 7.33. The van der Waals surface area contributed by atoms with Crippen molar-refractivity contribution in [1.29, 1.82) is 0 Å². The molecule has 0 saturated carbocycles. The molecule has 0 aliphatic heterocycles. The molecule has 1 aromatic heterocycles. The maximum atomic E-state index is 11.0. The molecule has 1 heterocycles. The van der Waals surface area contributed by atoms with Gasteiger partial charge in [0.1, 0.15) is 6.33 Å². The van der Waals surface area contributed by atoms with E-state index >= 15 is 0 Å². The first-order valence-corrected chi connectivity index (χ1v) is 8.55. The smallest absolute Gasteiger partial charge is 0.258 e. The summed E-state index contributed by atoms with van der Waals surface area (Å²) in [7, 11) is 0. The summed E-state index contributed by atoms with van der Waals surface area (Å²) in [5.41, 5.74) is 1.50. The van der Waals surface area contributed by atoms with Gasteiger partial charge in [0.2, 0.25) is 5.16 Å². The SMILES string of the molecule is O=[N+]([O-])c1ccccc1/C=N\n1cnnc1SCc1ccc(Cl)cc1. The number of hydrogen-bond donors (Lipinski definition) is 0. The fourth-order valence-corrected chi connectivity index (χ4v) is 2.96. The fourth-order valence-electron chi connectivity index (χ4n) is 2.01. The van der Waals surface area contributed by atoms with Crippen molar-refractivity contribution in [1.82, 2.24) is 14.9 Å². The van der Waals surface area contributed by atoms with Crippen molar-refractivity contribution in [2.24, 2.45) is 5.10 Å². The van der Waals surface area contributed by atoms with Crippen LogP contribution in [0, 0.1) is 10.1 Å². The minimum absolute atomic E-state index is 0.00491. The molecule has 0 fully saturated rings. The van der Waals surface area contributed by atoms with Gasteiger partial charge < -0.3 is 0 Å². The third-order valence-electron chi connectivity index (χ3n) is 3.24. The molecular formula is C16H12ClN5O2S. The van der Waals surface area contributed by atoms with Gasteiger partial charge in [-0.2, -0.15) is 9.78 Å². The highest BCUT2D eigenvalue weighted by Crippen LogP contribution is 2.22. The van der Waals surface area contributed by atoms with Crippen LogP contribution in [0.5, 0.6) is 0 Å². The van der Waals surface area contributed by atoms with Crippen LogP contribution < -0.4 is 0 Å². The van der Waals surface area contributed by atoms with Gasteiger partial charge in [-0.1, -0.05) is 47.6 Å². The molecule has 0 bridgehead atoms. The quantitative estimate of drug-likeness (QED) is 0.282. The standard InChI is InChI=1S/C16H12ClN5O2S/c17-14-7-5-12(6-8-14)10-25-16-20-18-11-21(16)19-9-13-3-1-2-4-15(13)22(23)24/h1-9,11H,10H2/b19-9-. The van der Waals surface area contributed by atoms with Crippen LogP contribution in [0.1, 0.15) is 11.1 Å². The topological polar surface area (TPSA) is 86.2 Å². The minimum atomic E-state index is -0.441. The van der Waals surface area contributed by atoms with Gasteiger partial charge >= 0.3 is 0 Å². The Kier molecular flexibility index (Phi) is 5.42. The van der Waals surface area contributed by atoms with Gasteiger partial charge in [-0.25, -0.2) is 0 Å². The van der Waals surface area contributed by atoms with E-state index in [0.717, 1.165) is 5.56 Å². The summed E-state index contributed by atoms with van der Waals surface area (Å²) < 4.78 is 1.48. The molecule has 0 radical (unpaired) electrons. The summed E-state index contributed by atoms with van der Waals surface area (Å²) in [6.07, 6.45) is 2.88. The molecule has 7 nitrogen and oxygen atoms in total. The third kappa shape index (κ3) is 4.43. The molecule has 0 saturated heterocycles. The lowest BCUT2D eigenvalue weighted by Gasteiger charge is -2.02. The highest BCUT2D eigenvalue weighted by atomic mass is 35.5.